The Labute approximate surface area is 160 Å². The zero-order valence-electron chi connectivity index (χ0n) is 16.7. The first-order valence-electron chi connectivity index (χ1n) is 10.2. The molecule has 2 rings (SSSR count). The van der Waals surface area contributed by atoms with Gasteiger partial charge in [0.2, 0.25) is 0 Å². The van der Waals surface area contributed by atoms with Crippen LogP contribution in [0.4, 0.5) is 5.69 Å². The molecule has 1 heterocycles. The summed E-state index contributed by atoms with van der Waals surface area (Å²) in [6, 6.07) is 13.2. The molecule has 2 nitrogen and oxygen atoms in total. The molecular formula is C24H34N2. The first-order valence-corrected chi connectivity index (χ1v) is 10.2. The van der Waals surface area contributed by atoms with Crippen molar-refractivity contribution in [1.29, 1.82) is 0 Å². The van der Waals surface area contributed by atoms with Gasteiger partial charge in [-0.05, 0) is 55.2 Å². The summed E-state index contributed by atoms with van der Waals surface area (Å²) in [5.41, 5.74) is 4.85. The molecule has 0 aliphatic heterocycles. The predicted octanol–water partition coefficient (Wildman–Crippen LogP) is 6.75. The molecule has 0 radical (unpaired) electrons. The van der Waals surface area contributed by atoms with Crippen LogP contribution in [0.1, 0.15) is 69.2 Å². The summed E-state index contributed by atoms with van der Waals surface area (Å²) >= 11 is 0. The van der Waals surface area contributed by atoms with E-state index >= 15 is 0 Å². The summed E-state index contributed by atoms with van der Waals surface area (Å²) in [6.07, 6.45) is 14.0. The van der Waals surface area contributed by atoms with E-state index in [-0.39, 0.29) is 0 Å². The molecule has 0 fully saturated rings. The zero-order chi connectivity index (χ0) is 18.6. The van der Waals surface area contributed by atoms with E-state index in [2.05, 4.69) is 66.2 Å². The van der Waals surface area contributed by atoms with E-state index in [0.29, 0.717) is 0 Å². The lowest BCUT2D eigenvalue weighted by Crippen LogP contribution is -2.25. The van der Waals surface area contributed by atoms with Gasteiger partial charge in [-0.3, -0.25) is 4.98 Å². The Kier molecular flexibility index (Phi) is 8.95. The Hall–Kier alpha value is -2.09. The Bertz CT molecular complexity index is 648. The summed E-state index contributed by atoms with van der Waals surface area (Å²) in [5.74, 6) is 0. The number of hydrogen-bond acceptors (Lipinski definition) is 2. The molecule has 0 N–H and O–H groups in total. The van der Waals surface area contributed by atoms with E-state index in [1.807, 2.05) is 19.2 Å². The molecule has 0 spiro atoms. The lowest BCUT2D eigenvalue weighted by Gasteiger charge is -2.25. The Morgan fingerprint density at radius 2 is 1.42 bits per heavy atom. The van der Waals surface area contributed by atoms with E-state index in [0.717, 1.165) is 5.69 Å². The number of rotatable bonds is 11. The minimum absolute atomic E-state index is 1.05. The number of aromatic nitrogens is 1. The second-order valence-electron chi connectivity index (χ2n) is 7.06. The number of benzene rings is 1. The number of anilines is 1. The normalized spacial score (nSPS) is 11.2. The van der Waals surface area contributed by atoms with E-state index in [9.17, 15) is 0 Å². The second-order valence-corrected chi connectivity index (χ2v) is 7.06. The average molecular weight is 351 g/mol. The monoisotopic (exact) mass is 350 g/mol. The van der Waals surface area contributed by atoms with Gasteiger partial charge in [-0.15, -0.1) is 0 Å². The number of pyridine rings is 1. The minimum Gasteiger partial charge on any atom is -0.372 e. The largest absolute Gasteiger partial charge is 0.372 e. The van der Waals surface area contributed by atoms with Crippen LogP contribution in [-0.4, -0.2) is 18.1 Å². The van der Waals surface area contributed by atoms with Crippen LogP contribution >= 0.6 is 0 Å². The number of aryl methyl sites for hydroxylation is 1. The summed E-state index contributed by atoms with van der Waals surface area (Å²) in [7, 11) is 0. The molecular weight excluding hydrogens is 316 g/mol. The van der Waals surface area contributed by atoms with Gasteiger partial charge in [0.05, 0.1) is 0 Å². The van der Waals surface area contributed by atoms with Crippen molar-refractivity contribution in [2.75, 3.05) is 18.0 Å². The summed E-state index contributed by atoms with van der Waals surface area (Å²) in [4.78, 5) is 6.81. The van der Waals surface area contributed by atoms with Crippen LogP contribution in [0, 0.1) is 6.92 Å². The summed E-state index contributed by atoms with van der Waals surface area (Å²) in [6.45, 7) is 8.91. The third kappa shape index (κ3) is 7.03. The van der Waals surface area contributed by atoms with Crippen LogP contribution in [0.15, 0.2) is 42.6 Å². The number of nitrogens with zero attached hydrogens (tertiary/aromatic N) is 2. The quantitative estimate of drug-likeness (QED) is 0.417. The smallest absolute Gasteiger partial charge is 0.0378 e. The molecule has 0 atom stereocenters. The molecule has 0 aliphatic rings. The fourth-order valence-electron chi connectivity index (χ4n) is 3.14. The molecule has 0 saturated heterocycles. The third-order valence-corrected chi connectivity index (χ3v) is 4.71. The molecule has 0 unspecified atom stereocenters. The van der Waals surface area contributed by atoms with Crippen molar-refractivity contribution in [3.05, 3.63) is 59.4 Å². The van der Waals surface area contributed by atoms with Gasteiger partial charge >= 0.3 is 0 Å². The van der Waals surface area contributed by atoms with Crippen molar-refractivity contribution < 1.29 is 0 Å². The number of unbranched alkanes of at least 4 members (excludes halogenated alkanes) is 4. The van der Waals surface area contributed by atoms with Crippen molar-refractivity contribution in [1.82, 2.24) is 4.98 Å². The maximum absolute atomic E-state index is 4.25. The van der Waals surface area contributed by atoms with Gasteiger partial charge in [-0.2, -0.15) is 0 Å². The molecule has 1 aromatic carbocycles. The molecule has 26 heavy (non-hydrogen) atoms. The van der Waals surface area contributed by atoms with Gasteiger partial charge < -0.3 is 4.90 Å². The van der Waals surface area contributed by atoms with Crippen molar-refractivity contribution >= 4 is 17.8 Å². The van der Waals surface area contributed by atoms with Crippen LogP contribution in [0.2, 0.25) is 0 Å². The maximum Gasteiger partial charge on any atom is 0.0378 e. The summed E-state index contributed by atoms with van der Waals surface area (Å²) < 4.78 is 0. The van der Waals surface area contributed by atoms with Crippen LogP contribution in [0.5, 0.6) is 0 Å². The van der Waals surface area contributed by atoms with E-state index in [4.69, 9.17) is 0 Å². The van der Waals surface area contributed by atoms with Gasteiger partial charge in [0.25, 0.3) is 0 Å². The van der Waals surface area contributed by atoms with E-state index in [1.54, 1.807) is 0 Å². The fourth-order valence-corrected chi connectivity index (χ4v) is 3.14. The third-order valence-electron chi connectivity index (χ3n) is 4.71. The van der Waals surface area contributed by atoms with Crippen LogP contribution in [0.25, 0.3) is 12.2 Å². The van der Waals surface area contributed by atoms with Crippen molar-refractivity contribution in [2.45, 2.75) is 59.3 Å². The highest BCUT2D eigenvalue weighted by Gasteiger charge is 2.05. The molecule has 0 aliphatic carbocycles. The van der Waals surface area contributed by atoms with Crippen LogP contribution < -0.4 is 4.90 Å². The second kappa shape index (κ2) is 11.5. The van der Waals surface area contributed by atoms with Gasteiger partial charge in [0.15, 0.2) is 0 Å². The maximum atomic E-state index is 4.25. The minimum atomic E-state index is 1.05. The van der Waals surface area contributed by atoms with Crippen LogP contribution in [0.3, 0.4) is 0 Å². The highest BCUT2D eigenvalue weighted by atomic mass is 15.1. The molecule has 1 aromatic heterocycles. The lowest BCUT2D eigenvalue weighted by molar-refractivity contribution is 0.636. The van der Waals surface area contributed by atoms with Gasteiger partial charge in [-0.25, -0.2) is 0 Å². The molecule has 0 saturated carbocycles. The fraction of sp³-hybridized carbons (Fsp3) is 0.458. The topological polar surface area (TPSA) is 16.1 Å². The first-order chi connectivity index (χ1) is 12.7. The van der Waals surface area contributed by atoms with Crippen LogP contribution in [-0.2, 0) is 0 Å². The average Bonchev–Trinajstić information content (AvgIpc) is 2.66. The molecule has 0 bridgehead atoms. The Morgan fingerprint density at radius 3 is 2.00 bits per heavy atom. The zero-order valence-corrected chi connectivity index (χ0v) is 16.7. The molecule has 2 aromatic rings. The van der Waals surface area contributed by atoms with E-state index in [1.165, 1.54) is 68.4 Å². The molecule has 2 heteroatoms. The van der Waals surface area contributed by atoms with Crippen molar-refractivity contribution in [2.24, 2.45) is 0 Å². The summed E-state index contributed by atoms with van der Waals surface area (Å²) in [5, 5.41) is 0. The molecule has 140 valence electrons. The van der Waals surface area contributed by atoms with Crippen molar-refractivity contribution in [3.8, 4) is 0 Å². The standard InChI is InChI=1S/C24H34N2/c1-4-6-8-18-26(19-9-7-5-2)24-14-12-22(13-15-24)10-11-23-16-17-25-21(3)20-23/h10-17,20H,4-9,18-19H2,1-3H3. The van der Waals surface area contributed by atoms with Gasteiger partial charge in [-0.1, -0.05) is 63.8 Å². The van der Waals surface area contributed by atoms with E-state index < -0.39 is 0 Å². The predicted molar refractivity (Wildman–Crippen MR) is 116 cm³/mol. The highest BCUT2D eigenvalue weighted by Crippen LogP contribution is 2.19. The van der Waals surface area contributed by atoms with Gasteiger partial charge in [0.1, 0.15) is 0 Å². The number of hydrogen-bond donors (Lipinski definition) is 0. The first kappa shape index (κ1) is 20.2. The molecule has 0 amide bonds. The van der Waals surface area contributed by atoms with Crippen molar-refractivity contribution in [3.63, 3.8) is 0 Å². The lowest BCUT2D eigenvalue weighted by atomic mass is 10.1. The SMILES string of the molecule is CCCCCN(CCCCC)c1ccc(C=Cc2ccnc(C)c2)cc1. The van der Waals surface area contributed by atoms with Gasteiger partial charge in [0, 0.05) is 30.7 Å². The Balaban J connectivity index is 2.01. The Morgan fingerprint density at radius 1 is 0.808 bits per heavy atom. The highest BCUT2D eigenvalue weighted by molar-refractivity contribution is 5.70.